The number of nitrogens with zero attached hydrogens (tertiary/aromatic N) is 3. The van der Waals surface area contributed by atoms with Crippen molar-refractivity contribution in [1.29, 1.82) is 0 Å². The molecule has 136 valence electrons. The van der Waals surface area contributed by atoms with Crippen LogP contribution in [0.5, 0.6) is 0 Å². The number of anilines is 2. The smallest absolute Gasteiger partial charge is 0.150 e. The van der Waals surface area contributed by atoms with Gasteiger partial charge in [0.2, 0.25) is 0 Å². The number of rotatable bonds is 3. The van der Waals surface area contributed by atoms with Crippen LogP contribution in [-0.2, 0) is 0 Å². The van der Waals surface area contributed by atoms with E-state index in [2.05, 4.69) is 15.3 Å². The summed E-state index contributed by atoms with van der Waals surface area (Å²) in [7, 11) is 0. The number of hydrogen-bond acceptors (Lipinski definition) is 3. The summed E-state index contributed by atoms with van der Waals surface area (Å²) in [4.78, 5) is 8.70. The summed E-state index contributed by atoms with van der Waals surface area (Å²) < 4.78 is 29.4. The Morgan fingerprint density at radius 1 is 1.00 bits per heavy atom. The Bertz CT molecular complexity index is 1150. The summed E-state index contributed by atoms with van der Waals surface area (Å²) in [5.41, 5.74) is 3.60. The Hall–Kier alpha value is -2.99. The minimum atomic E-state index is -0.471. The van der Waals surface area contributed by atoms with E-state index in [1.165, 1.54) is 24.5 Å². The summed E-state index contributed by atoms with van der Waals surface area (Å²) in [6.45, 7) is 3.90. The van der Waals surface area contributed by atoms with Crippen LogP contribution in [0.3, 0.4) is 0 Å². The van der Waals surface area contributed by atoms with Gasteiger partial charge >= 0.3 is 0 Å². The molecular weight excluding hydrogens is 370 g/mol. The van der Waals surface area contributed by atoms with Gasteiger partial charge in [-0.05, 0) is 61.9 Å². The molecule has 0 bridgehead atoms. The molecule has 0 aliphatic heterocycles. The molecule has 2 aromatic carbocycles. The lowest BCUT2D eigenvalue weighted by Crippen LogP contribution is -2.00. The highest BCUT2D eigenvalue weighted by Crippen LogP contribution is 2.33. The maximum atomic E-state index is 14.2. The van der Waals surface area contributed by atoms with Gasteiger partial charge < -0.3 is 5.32 Å². The van der Waals surface area contributed by atoms with Crippen LogP contribution in [0, 0.1) is 25.5 Å². The molecule has 1 N–H and O–H groups in total. The van der Waals surface area contributed by atoms with Crippen LogP contribution in [0.15, 0.2) is 48.8 Å². The van der Waals surface area contributed by atoms with Crippen molar-refractivity contribution in [3.05, 3.63) is 76.7 Å². The topological polar surface area (TPSA) is 42.7 Å². The van der Waals surface area contributed by atoms with E-state index in [1.807, 2.05) is 18.4 Å². The van der Waals surface area contributed by atoms with Crippen molar-refractivity contribution in [3.63, 3.8) is 0 Å². The second-order valence-electron chi connectivity index (χ2n) is 6.19. The lowest BCUT2D eigenvalue weighted by molar-refractivity contribution is 0.627. The van der Waals surface area contributed by atoms with Crippen LogP contribution in [0.1, 0.15) is 11.3 Å². The van der Waals surface area contributed by atoms with Gasteiger partial charge in [-0.1, -0.05) is 11.6 Å². The van der Waals surface area contributed by atoms with Gasteiger partial charge in [-0.3, -0.25) is 4.57 Å². The van der Waals surface area contributed by atoms with Crippen molar-refractivity contribution in [2.45, 2.75) is 13.8 Å². The van der Waals surface area contributed by atoms with Gasteiger partial charge in [0, 0.05) is 16.4 Å². The standard InChI is InChI=1S/C20H15ClF2N4/c1-11-12(2)27(15-6-4-14(22)5-7-15)20-18(11)19(24-10-25-20)26-17-8-3-13(21)9-16(17)23/h3-10H,1-2H3,(H,24,25,26). The monoisotopic (exact) mass is 384 g/mol. The van der Waals surface area contributed by atoms with Crippen LogP contribution in [-0.4, -0.2) is 14.5 Å². The normalized spacial score (nSPS) is 11.1. The second-order valence-corrected chi connectivity index (χ2v) is 6.63. The van der Waals surface area contributed by atoms with Gasteiger partial charge in [0.05, 0.1) is 11.1 Å². The van der Waals surface area contributed by atoms with E-state index in [0.29, 0.717) is 16.5 Å². The third-order valence-electron chi connectivity index (χ3n) is 4.56. The van der Waals surface area contributed by atoms with E-state index in [1.54, 1.807) is 24.3 Å². The number of aryl methyl sites for hydroxylation is 1. The van der Waals surface area contributed by atoms with Crippen molar-refractivity contribution in [3.8, 4) is 5.69 Å². The van der Waals surface area contributed by atoms with Gasteiger partial charge in [-0.2, -0.15) is 0 Å². The number of fused-ring (bicyclic) bond motifs is 1. The molecule has 0 saturated heterocycles. The average Bonchev–Trinajstić information content (AvgIpc) is 2.90. The zero-order chi connectivity index (χ0) is 19.1. The van der Waals surface area contributed by atoms with E-state index in [0.717, 1.165) is 22.3 Å². The molecule has 2 heterocycles. The molecule has 0 aliphatic carbocycles. The highest BCUT2D eigenvalue weighted by molar-refractivity contribution is 6.30. The molecule has 0 radical (unpaired) electrons. The highest BCUT2D eigenvalue weighted by atomic mass is 35.5. The van der Waals surface area contributed by atoms with Gasteiger partial charge in [-0.15, -0.1) is 0 Å². The average molecular weight is 385 g/mol. The summed E-state index contributed by atoms with van der Waals surface area (Å²) in [6.07, 6.45) is 1.41. The van der Waals surface area contributed by atoms with E-state index in [9.17, 15) is 8.78 Å². The predicted octanol–water partition coefficient (Wildman–Crippen LogP) is 5.71. The van der Waals surface area contributed by atoms with Crippen molar-refractivity contribution in [1.82, 2.24) is 14.5 Å². The fourth-order valence-corrected chi connectivity index (χ4v) is 3.28. The molecule has 0 atom stereocenters. The molecule has 0 fully saturated rings. The molecule has 7 heteroatoms. The van der Waals surface area contributed by atoms with E-state index in [4.69, 9.17) is 11.6 Å². The Morgan fingerprint density at radius 2 is 1.74 bits per heavy atom. The number of halogens is 3. The molecule has 0 saturated carbocycles. The second kappa shape index (κ2) is 6.63. The summed E-state index contributed by atoms with van der Waals surface area (Å²) in [6, 6.07) is 10.6. The van der Waals surface area contributed by atoms with Crippen LogP contribution >= 0.6 is 11.6 Å². The lowest BCUT2D eigenvalue weighted by Gasteiger charge is -2.09. The van der Waals surface area contributed by atoms with Crippen LogP contribution in [0.4, 0.5) is 20.3 Å². The van der Waals surface area contributed by atoms with E-state index < -0.39 is 5.82 Å². The first kappa shape index (κ1) is 17.4. The molecule has 4 rings (SSSR count). The van der Waals surface area contributed by atoms with Gasteiger partial charge in [0.1, 0.15) is 23.8 Å². The van der Waals surface area contributed by atoms with Crippen LogP contribution in [0.25, 0.3) is 16.7 Å². The summed E-state index contributed by atoms with van der Waals surface area (Å²) in [5.74, 6) is -0.288. The minimum Gasteiger partial charge on any atom is -0.337 e. The number of aromatic nitrogens is 3. The molecule has 0 spiro atoms. The zero-order valence-electron chi connectivity index (χ0n) is 14.6. The molecular formula is C20H15ClF2N4. The first-order chi connectivity index (χ1) is 13.0. The maximum Gasteiger partial charge on any atom is 0.150 e. The third-order valence-corrected chi connectivity index (χ3v) is 4.80. The first-order valence-electron chi connectivity index (χ1n) is 8.26. The summed E-state index contributed by atoms with van der Waals surface area (Å²) in [5, 5.41) is 4.12. The fraction of sp³-hybridized carbons (Fsp3) is 0.100. The molecule has 2 aromatic heterocycles. The van der Waals surface area contributed by atoms with Crippen molar-refractivity contribution >= 4 is 34.1 Å². The Balaban J connectivity index is 1.89. The Kier molecular flexibility index (Phi) is 4.28. The largest absolute Gasteiger partial charge is 0.337 e. The Morgan fingerprint density at radius 3 is 2.44 bits per heavy atom. The highest BCUT2D eigenvalue weighted by Gasteiger charge is 2.18. The predicted molar refractivity (Wildman–Crippen MR) is 103 cm³/mol. The number of hydrogen-bond donors (Lipinski definition) is 1. The number of nitrogens with one attached hydrogen (secondary N) is 1. The molecule has 0 unspecified atom stereocenters. The quantitative estimate of drug-likeness (QED) is 0.491. The zero-order valence-corrected chi connectivity index (χ0v) is 15.4. The van der Waals surface area contributed by atoms with Crippen molar-refractivity contribution in [2.24, 2.45) is 0 Å². The Labute approximate surface area is 159 Å². The maximum absolute atomic E-state index is 14.2. The molecule has 4 aromatic rings. The molecule has 0 amide bonds. The number of benzene rings is 2. The third kappa shape index (κ3) is 3.02. The van der Waals surface area contributed by atoms with E-state index >= 15 is 0 Å². The fourth-order valence-electron chi connectivity index (χ4n) is 3.12. The van der Waals surface area contributed by atoms with E-state index in [-0.39, 0.29) is 11.5 Å². The van der Waals surface area contributed by atoms with Gasteiger partial charge in [-0.25, -0.2) is 18.7 Å². The summed E-state index contributed by atoms with van der Waals surface area (Å²) >= 11 is 5.82. The van der Waals surface area contributed by atoms with Crippen LogP contribution < -0.4 is 5.32 Å². The van der Waals surface area contributed by atoms with Gasteiger partial charge in [0.25, 0.3) is 0 Å². The minimum absolute atomic E-state index is 0.269. The van der Waals surface area contributed by atoms with Crippen molar-refractivity contribution in [2.75, 3.05) is 5.32 Å². The lowest BCUT2D eigenvalue weighted by atomic mass is 10.2. The van der Waals surface area contributed by atoms with Crippen molar-refractivity contribution < 1.29 is 8.78 Å². The molecule has 0 aliphatic rings. The molecule has 27 heavy (non-hydrogen) atoms. The van der Waals surface area contributed by atoms with Crippen LogP contribution in [0.2, 0.25) is 5.02 Å². The SMILES string of the molecule is Cc1c(C)n(-c2ccc(F)cc2)c2ncnc(Nc3ccc(Cl)cc3F)c12. The first-order valence-corrected chi connectivity index (χ1v) is 8.64. The molecule has 4 nitrogen and oxygen atoms in total. The van der Waals surface area contributed by atoms with Gasteiger partial charge in [0.15, 0.2) is 5.65 Å².